The second kappa shape index (κ2) is 14.9. The molecule has 5 aliphatic heterocycles. The molecular weight excluding hydrogens is 803 g/mol. The summed E-state index contributed by atoms with van der Waals surface area (Å²) in [7, 11) is 2.63. The number of amides is 1. The topological polar surface area (TPSA) is 192 Å². The molecule has 16 atom stereocenters. The predicted molar refractivity (Wildman–Crippen MR) is 231 cm³/mol. The molecule has 10 aliphatic rings. The van der Waals surface area contributed by atoms with E-state index < -0.39 is 68.4 Å². The van der Waals surface area contributed by atoms with Gasteiger partial charge < -0.3 is 45.4 Å². The first kappa shape index (κ1) is 43.6. The lowest BCUT2D eigenvalue weighted by atomic mass is 9.40. The van der Waals surface area contributed by atoms with E-state index >= 15 is 4.79 Å². The Morgan fingerprint density at radius 1 is 0.983 bits per heavy atom. The molecule has 4 saturated carbocycles. The predicted octanol–water partition coefficient (Wildman–Crippen LogP) is 5.54. The summed E-state index contributed by atoms with van der Waals surface area (Å²) in [6, 6.07) is 5.33. The van der Waals surface area contributed by atoms with Crippen LogP contribution in [0, 0.1) is 57.2 Å². The molecule has 11 nitrogen and oxygen atoms in total. The Bertz CT molecular complexity index is 1930. The summed E-state index contributed by atoms with van der Waals surface area (Å²) in [5.41, 5.74) is -6.34. The lowest BCUT2D eigenvalue weighted by Gasteiger charge is -2.65. The number of anilines is 1. The number of benzene rings is 1. The third kappa shape index (κ3) is 5.94. The molecule has 11 rings (SSSR count). The number of nitrogens with zero attached hydrogens (tertiary/aromatic N) is 1. The van der Waals surface area contributed by atoms with Crippen molar-refractivity contribution in [1.82, 2.24) is 0 Å². The normalized spacial score (nSPS) is 46.8. The molecule has 7 N–H and O–H groups in total. The summed E-state index contributed by atoms with van der Waals surface area (Å²) in [5.74, 6) is -0.479. The zero-order chi connectivity index (χ0) is 42.9. The molecule has 6 fully saturated rings. The number of carbonyl (C=O) groups is 2. The van der Waals surface area contributed by atoms with Crippen LogP contribution in [-0.2, 0) is 20.7 Å². The molecule has 0 unspecified atom stereocenters. The number of aryl methyl sites for hydroxylation is 1. The number of aliphatic hydroxyl groups excluding tert-OH is 4. The average molecular weight is 870 g/mol. The van der Waals surface area contributed by atoms with Gasteiger partial charge in [-0.2, -0.15) is 0 Å². The minimum Gasteiger partial charge on any atom is -0.508 e. The Morgan fingerprint density at radius 3 is 2.47 bits per heavy atom. The number of hydrogen-bond donors (Lipinski definition) is 7. The van der Waals surface area contributed by atoms with Crippen molar-refractivity contribution in [2.75, 3.05) is 23.8 Å². The lowest BCUT2D eigenvalue weighted by molar-refractivity contribution is -0.198. The monoisotopic (exact) mass is 869 g/mol. The molecule has 3 spiro atoms. The SMILES string of the molecule is CC(C)[C@@H](C)[C@@H]1O[C@H]1[C@](C)(O)[C@H]1CC[C@@]2(O)C3=CC(=O)[C@]45C[C@@H](O)[C@@H](O)C[C@]4(C)[C@H]3CC[C@]12CCc1cc(O)cc(c1)N1CC[C@]2(C1=O)[C@@H](CO)CCC[C@H]2CSS[C@@H]5O. The van der Waals surface area contributed by atoms with Crippen LogP contribution in [-0.4, -0.2) is 107 Å². The maximum Gasteiger partial charge on any atom is 0.233 e. The zero-order valence-corrected chi connectivity index (χ0v) is 37.5. The van der Waals surface area contributed by atoms with E-state index in [2.05, 4.69) is 20.8 Å². The first-order valence-electron chi connectivity index (χ1n) is 22.8. The van der Waals surface area contributed by atoms with Gasteiger partial charge in [0, 0.05) is 36.1 Å². The van der Waals surface area contributed by atoms with Crippen molar-refractivity contribution in [3.8, 4) is 5.75 Å². The Kier molecular flexibility index (Phi) is 10.8. The van der Waals surface area contributed by atoms with E-state index in [9.17, 15) is 40.5 Å². The summed E-state index contributed by atoms with van der Waals surface area (Å²) >= 11 is 0. The van der Waals surface area contributed by atoms with Crippen LogP contribution in [0.15, 0.2) is 29.8 Å². The minimum atomic E-state index is -1.52. The highest BCUT2D eigenvalue weighted by molar-refractivity contribution is 8.76. The number of fused-ring (bicyclic) bond motifs is 2. The number of carbonyl (C=O) groups excluding carboxylic acids is 2. The fraction of sp³-hybridized carbons (Fsp3) is 0.787. The summed E-state index contributed by atoms with van der Waals surface area (Å²) < 4.78 is 6.33. The van der Waals surface area contributed by atoms with Crippen molar-refractivity contribution in [3.63, 3.8) is 0 Å². The van der Waals surface area contributed by atoms with Crippen LogP contribution < -0.4 is 4.90 Å². The number of hydrogen-bond acceptors (Lipinski definition) is 12. The molecule has 0 radical (unpaired) electrons. The number of allylic oxidation sites excluding steroid dienone is 1. The molecule has 1 aromatic rings. The average Bonchev–Trinajstić information content (AvgIpc) is 3.86. The molecule has 60 heavy (non-hydrogen) atoms. The first-order valence-corrected chi connectivity index (χ1v) is 25.2. The van der Waals surface area contributed by atoms with Gasteiger partial charge in [0.25, 0.3) is 0 Å². The number of phenols is 1. The fourth-order valence-electron chi connectivity index (χ4n) is 15.0. The molecule has 5 aliphatic carbocycles. The van der Waals surface area contributed by atoms with E-state index in [0.29, 0.717) is 74.4 Å². The molecule has 1 amide bonds. The van der Waals surface area contributed by atoms with Crippen LogP contribution in [0.1, 0.15) is 111 Å². The van der Waals surface area contributed by atoms with Gasteiger partial charge in [0.05, 0.1) is 40.3 Å². The first-order chi connectivity index (χ1) is 28.3. The third-order valence-electron chi connectivity index (χ3n) is 18.7. The Labute approximate surface area is 362 Å². The van der Waals surface area contributed by atoms with Gasteiger partial charge in [-0.25, -0.2) is 0 Å². The summed E-state index contributed by atoms with van der Waals surface area (Å²) in [4.78, 5) is 31.9. The van der Waals surface area contributed by atoms with E-state index in [4.69, 9.17) is 4.74 Å². The van der Waals surface area contributed by atoms with Crippen LogP contribution in [0.2, 0.25) is 0 Å². The number of aromatic hydroxyl groups is 1. The number of aliphatic hydroxyl groups is 6. The van der Waals surface area contributed by atoms with Gasteiger partial charge in [-0.15, -0.1) is 0 Å². The van der Waals surface area contributed by atoms with Gasteiger partial charge >= 0.3 is 0 Å². The van der Waals surface area contributed by atoms with Crippen molar-refractivity contribution >= 4 is 39.0 Å². The van der Waals surface area contributed by atoms with Crippen molar-refractivity contribution < 1.29 is 50.1 Å². The highest BCUT2D eigenvalue weighted by Gasteiger charge is 2.75. The summed E-state index contributed by atoms with van der Waals surface area (Å²) in [6.45, 7) is 10.6. The molecule has 332 valence electrons. The number of ketones is 1. The highest BCUT2D eigenvalue weighted by Crippen LogP contribution is 2.74. The van der Waals surface area contributed by atoms with Crippen LogP contribution >= 0.6 is 21.6 Å². The largest absolute Gasteiger partial charge is 0.508 e. The Morgan fingerprint density at radius 2 is 1.73 bits per heavy atom. The number of epoxide rings is 1. The maximum atomic E-state index is 15.2. The quantitative estimate of drug-likeness (QED) is 0.145. The Hall–Kier alpha value is -1.68. The zero-order valence-electron chi connectivity index (χ0n) is 35.9. The summed E-state index contributed by atoms with van der Waals surface area (Å²) in [5, 5.41) is 83.7. The van der Waals surface area contributed by atoms with E-state index in [-0.39, 0.29) is 60.7 Å². The number of rotatable bonds is 5. The van der Waals surface area contributed by atoms with Crippen molar-refractivity contribution in [3.05, 3.63) is 35.4 Å². The van der Waals surface area contributed by atoms with Crippen molar-refractivity contribution in [1.29, 1.82) is 0 Å². The minimum absolute atomic E-state index is 0.0354. The number of ether oxygens (including phenoxy) is 1. The maximum absolute atomic E-state index is 15.2. The fourth-order valence-corrected chi connectivity index (χ4v) is 18.1. The number of phenolic OH excluding ortho intramolecular Hbond substituents is 1. The second-order valence-corrected chi connectivity index (χ2v) is 23.8. The smallest absolute Gasteiger partial charge is 0.233 e. The van der Waals surface area contributed by atoms with Crippen LogP contribution in [0.5, 0.6) is 5.75 Å². The Balaban J connectivity index is 1.19. The van der Waals surface area contributed by atoms with Gasteiger partial charge in [-0.1, -0.05) is 55.7 Å². The van der Waals surface area contributed by atoms with E-state index in [1.165, 1.54) is 21.6 Å². The van der Waals surface area contributed by atoms with E-state index in [1.807, 2.05) is 19.9 Å². The standard InChI is InChI=1S/C47H67NO10S2/c1-25(2)26(3)38-39(58-38)43(5,56)36-11-14-47(57)33-20-37(53)46-22-35(52)34(51)21-42(46,4)32(33)10-13-44(36,47)12-9-27-17-30(19-31(50)18-27)48-16-15-45(40(48)54)28(23-49)7-6-8-29(45)24-59-60-41(46)55/h17-20,25-26,28-29,32,34-36,38-39,41,49-52,55-57H,6-16,21-24H2,1-5H3/t26-,28-,29+,32+,34+,35-,36-,38+,39-,41+,42-,43-,44-,45+,46+,47-/m1/s1. The molecule has 2 saturated heterocycles. The van der Waals surface area contributed by atoms with Gasteiger partial charge in [-0.05, 0) is 148 Å². The summed E-state index contributed by atoms with van der Waals surface area (Å²) in [6.07, 6.45) is 4.23. The molecular formula is C47H67NO10S2. The van der Waals surface area contributed by atoms with Gasteiger partial charge in [-0.3, -0.25) is 9.59 Å². The van der Waals surface area contributed by atoms with Crippen molar-refractivity contribution in [2.45, 2.75) is 153 Å². The molecule has 8 bridgehead atoms. The second-order valence-electron chi connectivity index (χ2n) is 21.3. The third-order valence-corrected chi connectivity index (χ3v) is 21.3. The van der Waals surface area contributed by atoms with Gasteiger partial charge in [0.2, 0.25) is 5.91 Å². The van der Waals surface area contributed by atoms with Crippen LogP contribution in [0.3, 0.4) is 0 Å². The molecule has 5 heterocycles. The van der Waals surface area contributed by atoms with E-state index in [0.717, 1.165) is 24.8 Å². The molecule has 13 heteroatoms. The van der Waals surface area contributed by atoms with E-state index in [1.54, 1.807) is 23.1 Å². The van der Waals surface area contributed by atoms with Gasteiger partial charge in [0.1, 0.15) is 17.3 Å². The molecule has 1 aromatic carbocycles. The van der Waals surface area contributed by atoms with Crippen LogP contribution in [0.25, 0.3) is 0 Å². The lowest BCUT2D eigenvalue weighted by Crippen LogP contribution is -2.68. The van der Waals surface area contributed by atoms with Crippen molar-refractivity contribution in [2.24, 2.45) is 57.2 Å². The molecule has 0 aromatic heterocycles. The van der Waals surface area contributed by atoms with Crippen LogP contribution in [0.4, 0.5) is 5.69 Å². The van der Waals surface area contributed by atoms with Gasteiger partial charge in [0.15, 0.2) is 5.78 Å². The highest BCUT2D eigenvalue weighted by atomic mass is 33.1.